The minimum Gasteiger partial charge on any atom is -0.481 e. The minimum absolute atomic E-state index is 0.175. The predicted octanol–water partition coefficient (Wildman–Crippen LogP) is 5.78. The molecule has 0 heterocycles. The van der Waals surface area contributed by atoms with Crippen molar-refractivity contribution in [1.82, 2.24) is 4.90 Å². The Kier molecular flexibility index (Phi) is 11.3. The first-order valence-corrected chi connectivity index (χ1v) is 12.9. The molecule has 2 N–H and O–H groups in total. The molecular formula is C29H39NO5. The summed E-state index contributed by atoms with van der Waals surface area (Å²) in [6.07, 6.45) is 9.67. The number of hydrogen-bond acceptors (Lipinski definition) is 4. The molecule has 0 unspecified atom stereocenters. The second kappa shape index (κ2) is 14.6. The molecule has 1 aliphatic carbocycles. The second-order valence-electron chi connectivity index (χ2n) is 9.69. The molecule has 35 heavy (non-hydrogen) atoms. The van der Waals surface area contributed by atoms with Crippen LogP contribution in [-0.2, 0) is 29.1 Å². The summed E-state index contributed by atoms with van der Waals surface area (Å²) in [7, 11) is 0. The van der Waals surface area contributed by atoms with Crippen molar-refractivity contribution in [2.24, 2.45) is 5.92 Å². The zero-order valence-electron chi connectivity index (χ0n) is 20.7. The third-order valence-corrected chi connectivity index (χ3v) is 6.88. The van der Waals surface area contributed by atoms with E-state index in [0.717, 1.165) is 37.4 Å². The largest absolute Gasteiger partial charge is 0.481 e. The second-order valence-corrected chi connectivity index (χ2v) is 9.69. The van der Waals surface area contributed by atoms with Gasteiger partial charge >= 0.3 is 11.9 Å². The minimum atomic E-state index is -0.933. The number of carbonyl (C=O) groups is 2. The van der Waals surface area contributed by atoms with Crippen LogP contribution in [0.5, 0.6) is 0 Å². The quantitative estimate of drug-likeness (QED) is 0.296. The van der Waals surface area contributed by atoms with Crippen LogP contribution in [0.1, 0.15) is 78.4 Å². The van der Waals surface area contributed by atoms with Gasteiger partial charge in [-0.3, -0.25) is 9.69 Å². The Morgan fingerprint density at radius 2 is 1.51 bits per heavy atom. The molecule has 190 valence electrons. The molecular weight excluding hydrogens is 442 g/mol. The number of aryl methyl sites for hydroxylation is 1. The van der Waals surface area contributed by atoms with Gasteiger partial charge in [-0.1, -0.05) is 62.1 Å². The maximum absolute atomic E-state index is 11.1. The van der Waals surface area contributed by atoms with Gasteiger partial charge in [0.25, 0.3) is 0 Å². The molecule has 0 amide bonds. The lowest BCUT2D eigenvalue weighted by atomic mass is 9.98. The van der Waals surface area contributed by atoms with Gasteiger partial charge in [-0.2, -0.15) is 0 Å². The fraction of sp³-hybridized carbons (Fsp3) is 0.517. The summed E-state index contributed by atoms with van der Waals surface area (Å²) in [5.74, 6) is -0.786. The lowest BCUT2D eigenvalue weighted by molar-refractivity contribution is -0.137. The van der Waals surface area contributed by atoms with Crippen LogP contribution >= 0.6 is 0 Å². The van der Waals surface area contributed by atoms with Crippen LogP contribution in [0, 0.1) is 5.92 Å². The molecule has 0 aliphatic heterocycles. The smallest absolute Gasteiger partial charge is 0.335 e. The fourth-order valence-corrected chi connectivity index (χ4v) is 4.75. The van der Waals surface area contributed by atoms with E-state index in [2.05, 4.69) is 29.2 Å². The number of rotatable bonds is 16. The van der Waals surface area contributed by atoms with Gasteiger partial charge < -0.3 is 14.9 Å². The van der Waals surface area contributed by atoms with E-state index in [1.165, 1.54) is 43.2 Å². The normalized spacial score (nSPS) is 14.0. The van der Waals surface area contributed by atoms with Crippen LogP contribution in [0.3, 0.4) is 0 Å². The van der Waals surface area contributed by atoms with Gasteiger partial charge in [0, 0.05) is 19.5 Å². The van der Waals surface area contributed by atoms with Crippen LogP contribution < -0.4 is 0 Å². The number of hydrogen-bond donors (Lipinski definition) is 2. The van der Waals surface area contributed by atoms with Crippen molar-refractivity contribution in [3.8, 4) is 0 Å². The number of aromatic carboxylic acids is 1. The van der Waals surface area contributed by atoms with Gasteiger partial charge in [-0.15, -0.1) is 0 Å². The molecule has 2 aromatic rings. The molecule has 1 fully saturated rings. The van der Waals surface area contributed by atoms with Crippen molar-refractivity contribution < 1.29 is 24.5 Å². The Labute approximate surface area is 208 Å². The van der Waals surface area contributed by atoms with E-state index >= 15 is 0 Å². The standard InChI is InChI=1S/C29H39NO5/c31-28(32)7-3-4-18-30(21-25-14-16-27(17-15-25)29(33)34)19-20-35-22-26-12-10-24(11-13-26)9-8-23-5-1-2-6-23/h10-17,23H,1-9,18-22H2,(H,31,32)(H,33,34). The summed E-state index contributed by atoms with van der Waals surface area (Å²) >= 11 is 0. The van der Waals surface area contributed by atoms with Gasteiger partial charge in [-0.05, 0) is 67.0 Å². The molecule has 0 aromatic heterocycles. The molecule has 2 aromatic carbocycles. The van der Waals surface area contributed by atoms with Crippen molar-refractivity contribution in [3.05, 3.63) is 70.8 Å². The summed E-state index contributed by atoms with van der Waals surface area (Å²) < 4.78 is 5.95. The Balaban J connectivity index is 1.42. The van der Waals surface area contributed by atoms with E-state index in [4.69, 9.17) is 14.9 Å². The molecule has 0 saturated heterocycles. The monoisotopic (exact) mass is 481 g/mol. The number of benzene rings is 2. The molecule has 1 aliphatic rings. The zero-order chi connectivity index (χ0) is 24.9. The fourth-order valence-electron chi connectivity index (χ4n) is 4.75. The van der Waals surface area contributed by atoms with Gasteiger partial charge in [0.15, 0.2) is 0 Å². The third-order valence-electron chi connectivity index (χ3n) is 6.88. The number of carboxylic acids is 2. The average molecular weight is 482 g/mol. The number of nitrogens with zero attached hydrogens (tertiary/aromatic N) is 1. The highest BCUT2D eigenvalue weighted by Gasteiger charge is 2.14. The number of carboxylic acid groups (broad SMARTS) is 2. The molecule has 0 radical (unpaired) electrons. The van der Waals surface area contributed by atoms with E-state index in [9.17, 15) is 9.59 Å². The van der Waals surface area contributed by atoms with E-state index in [1.807, 2.05) is 12.1 Å². The number of aliphatic carboxylic acids is 1. The van der Waals surface area contributed by atoms with E-state index in [-0.39, 0.29) is 12.0 Å². The maximum Gasteiger partial charge on any atom is 0.335 e. The van der Waals surface area contributed by atoms with E-state index in [1.54, 1.807) is 12.1 Å². The first-order valence-electron chi connectivity index (χ1n) is 12.9. The Morgan fingerprint density at radius 1 is 0.857 bits per heavy atom. The SMILES string of the molecule is O=C(O)CCCCN(CCOCc1ccc(CCC2CCCC2)cc1)Cc1ccc(C(=O)O)cc1. The third kappa shape index (κ3) is 10.2. The predicted molar refractivity (Wildman–Crippen MR) is 137 cm³/mol. The zero-order valence-corrected chi connectivity index (χ0v) is 20.7. The summed E-state index contributed by atoms with van der Waals surface area (Å²) in [6, 6.07) is 15.7. The average Bonchev–Trinajstić information content (AvgIpc) is 3.37. The van der Waals surface area contributed by atoms with Gasteiger partial charge in [0.1, 0.15) is 0 Å². The van der Waals surface area contributed by atoms with Crippen LogP contribution in [0.15, 0.2) is 48.5 Å². The molecule has 6 heteroatoms. The van der Waals surface area contributed by atoms with E-state index < -0.39 is 11.9 Å². The van der Waals surface area contributed by atoms with Crippen molar-refractivity contribution in [1.29, 1.82) is 0 Å². The Bertz CT molecular complexity index is 904. The maximum atomic E-state index is 11.1. The van der Waals surface area contributed by atoms with Crippen molar-refractivity contribution in [2.45, 2.75) is 70.9 Å². The van der Waals surface area contributed by atoms with Crippen LogP contribution in [-0.4, -0.2) is 46.7 Å². The summed E-state index contributed by atoms with van der Waals surface area (Å²) in [6.45, 7) is 3.32. The Morgan fingerprint density at radius 3 is 2.17 bits per heavy atom. The lowest BCUT2D eigenvalue weighted by Gasteiger charge is -2.22. The van der Waals surface area contributed by atoms with Crippen molar-refractivity contribution in [2.75, 3.05) is 19.7 Å². The van der Waals surface area contributed by atoms with Gasteiger partial charge in [0.2, 0.25) is 0 Å². The molecule has 3 rings (SSSR count). The van der Waals surface area contributed by atoms with Crippen molar-refractivity contribution in [3.63, 3.8) is 0 Å². The van der Waals surface area contributed by atoms with Gasteiger partial charge in [-0.25, -0.2) is 4.79 Å². The van der Waals surface area contributed by atoms with Crippen LogP contribution in [0.4, 0.5) is 0 Å². The molecule has 6 nitrogen and oxygen atoms in total. The highest BCUT2D eigenvalue weighted by Crippen LogP contribution is 2.28. The number of ether oxygens (including phenoxy) is 1. The first-order chi connectivity index (χ1) is 17.0. The number of unbranched alkanes of at least 4 members (excludes halogenated alkanes) is 1. The lowest BCUT2D eigenvalue weighted by Crippen LogP contribution is -2.28. The highest BCUT2D eigenvalue weighted by atomic mass is 16.5. The molecule has 0 spiro atoms. The summed E-state index contributed by atoms with van der Waals surface area (Å²) in [5, 5.41) is 18.0. The molecule has 1 saturated carbocycles. The highest BCUT2D eigenvalue weighted by molar-refractivity contribution is 5.87. The Hall–Kier alpha value is -2.70. The summed E-state index contributed by atoms with van der Waals surface area (Å²) in [5.41, 5.74) is 3.88. The van der Waals surface area contributed by atoms with E-state index in [0.29, 0.717) is 26.2 Å². The van der Waals surface area contributed by atoms with Gasteiger partial charge in [0.05, 0.1) is 18.8 Å². The van der Waals surface area contributed by atoms with Crippen molar-refractivity contribution >= 4 is 11.9 Å². The first kappa shape index (κ1) is 26.9. The van der Waals surface area contributed by atoms with Crippen LogP contribution in [0.25, 0.3) is 0 Å². The summed E-state index contributed by atoms with van der Waals surface area (Å²) in [4.78, 5) is 24.1. The molecule has 0 atom stereocenters. The van der Waals surface area contributed by atoms with Crippen LogP contribution in [0.2, 0.25) is 0 Å². The molecule has 0 bridgehead atoms. The topological polar surface area (TPSA) is 87.1 Å².